The van der Waals surface area contributed by atoms with E-state index in [2.05, 4.69) is 68.4 Å². The number of anilines is 1. The summed E-state index contributed by atoms with van der Waals surface area (Å²) in [5, 5.41) is 10.4. The van der Waals surface area contributed by atoms with Crippen LogP contribution in [0.4, 0.5) is 5.69 Å². The molecule has 0 aromatic heterocycles. The molecule has 0 amide bonds. The first kappa shape index (κ1) is 15.7. The van der Waals surface area contributed by atoms with Crippen molar-refractivity contribution in [3.8, 4) is 11.1 Å². The van der Waals surface area contributed by atoms with E-state index in [1.807, 2.05) is 4.90 Å². The summed E-state index contributed by atoms with van der Waals surface area (Å²) in [5.74, 6) is 0.669. The van der Waals surface area contributed by atoms with Crippen molar-refractivity contribution in [1.29, 1.82) is 5.41 Å². The summed E-state index contributed by atoms with van der Waals surface area (Å²) in [4.78, 5) is 1.91. The average molecular weight is 329 g/mol. The predicted octanol–water partition coefficient (Wildman–Crippen LogP) is 5.23. The average Bonchev–Trinajstić information content (AvgIpc) is 3.03. The SMILES string of the molecule is CCC(C)c1ccc(-c2ccc3cccc4c3c2N(C(=N)N)C4)cc1. The number of nitrogens with one attached hydrogen (secondary N) is 1. The van der Waals surface area contributed by atoms with Crippen LogP contribution in [0.1, 0.15) is 37.3 Å². The monoisotopic (exact) mass is 329 g/mol. The lowest BCUT2D eigenvalue weighted by Crippen LogP contribution is -2.33. The summed E-state index contributed by atoms with van der Waals surface area (Å²) in [5.41, 5.74) is 11.9. The molecule has 3 nitrogen and oxygen atoms in total. The third-order valence-corrected chi connectivity index (χ3v) is 5.40. The molecule has 3 aromatic rings. The summed E-state index contributed by atoms with van der Waals surface area (Å²) >= 11 is 0. The molecule has 126 valence electrons. The topological polar surface area (TPSA) is 53.1 Å². The van der Waals surface area contributed by atoms with Gasteiger partial charge in [0.05, 0.1) is 12.2 Å². The van der Waals surface area contributed by atoms with Gasteiger partial charge >= 0.3 is 0 Å². The molecule has 0 saturated heterocycles. The van der Waals surface area contributed by atoms with Crippen molar-refractivity contribution < 1.29 is 0 Å². The third kappa shape index (κ3) is 2.47. The van der Waals surface area contributed by atoms with Gasteiger partial charge in [0.2, 0.25) is 0 Å². The molecule has 1 unspecified atom stereocenters. The lowest BCUT2D eigenvalue weighted by Gasteiger charge is -2.21. The van der Waals surface area contributed by atoms with Crippen LogP contribution in [0.15, 0.2) is 54.6 Å². The first-order valence-corrected chi connectivity index (χ1v) is 8.86. The van der Waals surface area contributed by atoms with Crippen LogP contribution in [0, 0.1) is 5.41 Å². The Morgan fingerprint density at radius 2 is 1.88 bits per heavy atom. The molecule has 0 fully saturated rings. The summed E-state index contributed by atoms with van der Waals surface area (Å²) in [6.07, 6.45) is 1.14. The van der Waals surface area contributed by atoms with E-state index in [-0.39, 0.29) is 5.96 Å². The molecular weight excluding hydrogens is 306 g/mol. The molecule has 3 aromatic carbocycles. The second kappa shape index (κ2) is 5.92. The van der Waals surface area contributed by atoms with Gasteiger partial charge in [0.15, 0.2) is 5.96 Å². The Morgan fingerprint density at radius 3 is 2.56 bits per heavy atom. The van der Waals surface area contributed by atoms with E-state index in [9.17, 15) is 0 Å². The zero-order valence-corrected chi connectivity index (χ0v) is 14.7. The van der Waals surface area contributed by atoms with Crippen LogP contribution in [0.25, 0.3) is 21.9 Å². The smallest absolute Gasteiger partial charge is 0.193 e. The van der Waals surface area contributed by atoms with Crippen molar-refractivity contribution in [2.45, 2.75) is 32.7 Å². The predicted molar refractivity (Wildman–Crippen MR) is 106 cm³/mol. The number of hydrogen-bond donors (Lipinski definition) is 2. The van der Waals surface area contributed by atoms with Gasteiger partial charge < -0.3 is 10.6 Å². The molecule has 4 rings (SSSR count). The minimum atomic E-state index is 0.0983. The van der Waals surface area contributed by atoms with Crippen LogP contribution in [0.2, 0.25) is 0 Å². The summed E-state index contributed by atoms with van der Waals surface area (Å²) in [6.45, 7) is 5.15. The Balaban J connectivity index is 1.90. The molecule has 1 atom stereocenters. The van der Waals surface area contributed by atoms with Crippen LogP contribution >= 0.6 is 0 Å². The van der Waals surface area contributed by atoms with Crippen LogP contribution in [-0.2, 0) is 6.54 Å². The largest absolute Gasteiger partial charge is 0.370 e. The summed E-state index contributed by atoms with van der Waals surface area (Å²) in [7, 11) is 0. The van der Waals surface area contributed by atoms with Gasteiger partial charge in [0.1, 0.15) is 0 Å². The number of nitrogens with two attached hydrogens (primary N) is 1. The maximum atomic E-state index is 8.01. The second-order valence-corrected chi connectivity index (χ2v) is 6.88. The minimum absolute atomic E-state index is 0.0983. The van der Waals surface area contributed by atoms with Gasteiger partial charge in [0.25, 0.3) is 0 Å². The van der Waals surface area contributed by atoms with E-state index >= 15 is 0 Å². The third-order valence-electron chi connectivity index (χ3n) is 5.40. The molecule has 3 N–H and O–H groups in total. The molecule has 25 heavy (non-hydrogen) atoms. The van der Waals surface area contributed by atoms with Gasteiger partial charge in [-0.05, 0) is 34.4 Å². The molecule has 0 saturated carbocycles. The van der Waals surface area contributed by atoms with Gasteiger partial charge in [-0.1, -0.05) is 68.4 Å². The maximum Gasteiger partial charge on any atom is 0.193 e. The van der Waals surface area contributed by atoms with Gasteiger partial charge in [-0.2, -0.15) is 0 Å². The highest BCUT2D eigenvalue weighted by molar-refractivity contribution is 6.13. The number of hydrogen-bond acceptors (Lipinski definition) is 1. The quantitative estimate of drug-likeness (QED) is 0.510. The zero-order chi connectivity index (χ0) is 17.6. The van der Waals surface area contributed by atoms with E-state index < -0.39 is 0 Å². The Kier molecular flexibility index (Phi) is 3.72. The highest BCUT2D eigenvalue weighted by atomic mass is 15.2. The maximum absolute atomic E-state index is 8.01. The molecule has 0 aliphatic carbocycles. The van der Waals surface area contributed by atoms with Crippen LogP contribution in [-0.4, -0.2) is 5.96 Å². The van der Waals surface area contributed by atoms with E-state index in [1.165, 1.54) is 27.5 Å². The number of nitrogens with zero attached hydrogens (tertiary/aromatic N) is 1. The second-order valence-electron chi connectivity index (χ2n) is 6.88. The first-order valence-electron chi connectivity index (χ1n) is 8.86. The Labute approximate surface area is 148 Å². The van der Waals surface area contributed by atoms with Crippen LogP contribution in [0.3, 0.4) is 0 Å². The van der Waals surface area contributed by atoms with E-state index in [0.717, 1.165) is 17.7 Å². The lowest BCUT2D eigenvalue weighted by atomic mass is 9.94. The fourth-order valence-electron chi connectivity index (χ4n) is 3.76. The van der Waals surface area contributed by atoms with Crippen molar-refractivity contribution in [3.63, 3.8) is 0 Å². The van der Waals surface area contributed by atoms with Crippen LogP contribution in [0.5, 0.6) is 0 Å². The molecule has 0 bridgehead atoms. The van der Waals surface area contributed by atoms with Gasteiger partial charge in [-0.25, -0.2) is 0 Å². The molecule has 0 spiro atoms. The highest BCUT2D eigenvalue weighted by Crippen LogP contribution is 2.44. The molecule has 1 heterocycles. The Hall–Kier alpha value is -2.81. The van der Waals surface area contributed by atoms with Crippen molar-refractivity contribution in [2.75, 3.05) is 4.90 Å². The van der Waals surface area contributed by atoms with Gasteiger partial charge in [-0.3, -0.25) is 5.41 Å². The molecule has 0 radical (unpaired) electrons. The number of rotatable bonds is 3. The van der Waals surface area contributed by atoms with E-state index in [1.54, 1.807) is 0 Å². The highest BCUT2D eigenvalue weighted by Gasteiger charge is 2.26. The first-order chi connectivity index (χ1) is 12.1. The van der Waals surface area contributed by atoms with Crippen LogP contribution < -0.4 is 10.6 Å². The number of benzene rings is 3. The fraction of sp³-hybridized carbons (Fsp3) is 0.227. The molecule has 1 aliphatic heterocycles. The van der Waals surface area contributed by atoms with Gasteiger partial charge in [0, 0.05) is 10.9 Å². The van der Waals surface area contributed by atoms with Crippen molar-refractivity contribution in [2.24, 2.45) is 5.73 Å². The lowest BCUT2D eigenvalue weighted by molar-refractivity contribution is 0.734. The normalized spacial score (nSPS) is 14.1. The van der Waals surface area contributed by atoms with E-state index in [4.69, 9.17) is 11.1 Å². The van der Waals surface area contributed by atoms with Crippen molar-refractivity contribution in [3.05, 3.63) is 65.7 Å². The zero-order valence-electron chi connectivity index (χ0n) is 14.7. The van der Waals surface area contributed by atoms with Crippen molar-refractivity contribution in [1.82, 2.24) is 0 Å². The van der Waals surface area contributed by atoms with Gasteiger partial charge in [-0.15, -0.1) is 0 Å². The summed E-state index contributed by atoms with van der Waals surface area (Å²) in [6, 6.07) is 19.5. The van der Waals surface area contributed by atoms with Crippen molar-refractivity contribution >= 4 is 22.4 Å². The fourth-order valence-corrected chi connectivity index (χ4v) is 3.76. The Morgan fingerprint density at radius 1 is 1.12 bits per heavy atom. The van der Waals surface area contributed by atoms with E-state index in [0.29, 0.717) is 12.5 Å². The number of guanidine groups is 1. The standard InChI is InChI=1S/C22H23N3/c1-3-14(2)15-7-9-16(10-8-15)19-12-11-17-5-4-6-18-13-25(22(23)24)21(19)20(17)18/h4-12,14H,3,13H2,1-2H3,(H3,23,24). The minimum Gasteiger partial charge on any atom is -0.370 e. The summed E-state index contributed by atoms with van der Waals surface area (Å²) < 4.78 is 0. The Bertz CT molecular complexity index is 957. The molecular formula is C22H23N3. The molecule has 3 heteroatoms. The molecule has 1 aliphatic rings.